The zero-order valence-electron chi connectivity index (χ0n) is 19.1. The highest BCUT2D eigenvalue weighted by atomic mass is 19.3. The molecule has 3 aromatic rings. The minimum atomic E-state index is -4.92. The van der Waals surface area contributed by atoms with Gasteiger partial charge in [0.15, 0.2) is 23.6 Å². The Labute approximate surface area is 208 Å². The lowest BCUT2D eigenvalue weighted by atomic mass is 10.1. The van der Waals surface area contributed by atoms with E-state index in [4.69, 9.17) is 0 Å². The number of hydrogen-bond acceptors (Lipinski definition) is 3. The third-order valence-corrected chi connectivity index (χ3v) is 4.87. The van der Waals surface area contributed by atoms with Crippen molar-refractivity contribution in [3.63, 3.8) is 0 Å². The molecule has 0 heterocycles. The van der Waals surface area contributed by atoms with E-state index in [1.807, 2.05) is 6.92 Å². The van der Waals surface area contributed by atoms with Crippen LogP contribution in [0, 0.1) is 23.3 Å². The van der Waals surface area contributed by atoms with Gasteiger partial charge in [-0.05, 0) is 24.1 Å². The van der Waals surface area contributed by atoms with Gasteiger partial charge in [0.25, 0.3) is 0 Å². The topological polar surface area (TPSA) is 27.7 Å². The molecule has 0 aliphatic carbocycles. The molecular weight excluding hydrogens is 538 g/mol. The maximum absolute atomic E-state index is 14.5. The molecule has 0 amide bonds. The number of aryl methyl sites for hydroxylation is 1. The maximum Gasteiger partial charge on any atom is 0.432 e. The molecule has 3 aromatic carbocycles. The van der Waals surface area contributed by atoms with Crippen LogP contribution in [0.25, 0.3) is 0 Å². The largest absolute Gasteiger partial charge is 0.453 e. The fraction of sp³-hybridized carbons (Fsp3) is 0.200. The summed E-state index contributed by atoms with van der Waals surface area (Å²) >= 11 is 0. The first-order valence-corrected chi connectivity index (χ1v) is 10.6. The number of halogens is 10. The van der Waals surface area contributed by atoms with Crippen molar-refractivity contribution in [2.24, 2.45) is 0 Å². The van der Waals surface area contributed by atoms with Crippen molar-refractivity contribution in [2.45, 2.75) is 32.0 Å². The second-order valence-corrected chi connectivity index (χ2v) is 7.69. The Morgan fingerprint density at radius 1 is 0.737 bits per heavy atom. The van der Waals surface area contributed by atoms with Crippen molar-refractivity contribution in [3.8, 4) is 17.2 Å². The molecule has 0 unspecified atom stereocenters. The van der Waals surface area contributed by atoms with Crippen LogP contribution in [0.2, 0.25) is 0 Å². The normalized spacial score (nSPS) is 11.8. The summed E-state index contributed by atoms with van der Waals surface area (Å²) in [6, 6.07) is 5.12. The lowest BCUT2D eigenvalue weighted by Gasteiger charge is -2.22. The maximum atomic E-state index is 14.5. The van der Waals surface area contributed by atoms with Gasteiger partial charge >= 0.3 is 18.3 Å². The molecule has 0 spiro atoms. The summed E-state index contributed by atoms with van der Waals surface area (Å²) in [6.07, 6.45) is -10.4. The van der Waals surface area contributed by atoms with Gasteiger partial charge in [-0.3, -0.25) is 0 Å². The van der Waals surface area contributed by atoms with Gasteiger partial charge in [0.05, 0.1) is 5.56 Å². The van der Waals surface area contributed by atoms with Crippen LogP contribution in [0.3, 0.4) is 0 Å². The molecule has 0 aliphatic rings. The first-order valence-electron chi connectivity index (χ1n) is 10.6. The van der Waals surface area contributed by atoms with Crippen LogP contribution < -0.4 is 14.2 Å². The lowest BCUT2D eigenvalue weighted by Crippen LogP contribution is -2.26. The smallest absolute Gasteiger partial charge is 0.432 e. The zero-order valence-corrected chi connectivity index (χ0v) is 19.1. The quantitative estimate of drug-likeness (QED) is 0.186. The minimum Gasteiger partial charge on any atom is -0.453 e. The van der Waals surface area contributed by atoms with E-state index >= 15 is 0 Å². The van der Waals surface area contributed by atoms with Gasteiger partial charge in [-0.15, -0.1) is 0 Å². The van der Waals surface area contributed by atoms with Gasteiger partial charge in [-0.1, -0.05) is 25.5 Å². The molecule has 0 aromatic heterocycles. The highest BCUT2D eigenvalue weighted by Crippen LogP contribution is 2.40. The van der Waals surface area contributed by atoms with E-state index in [0.717, 1.165) is 24.1 Å². The molecule has 0 aliphatic heterocycles. The van der Waals surface area contributed by atoms with Gasteiger partial charge in [0.2, 0.25) is 0 Å². The fourth-order valence-corrected chi connectivity index (χ4v) is 3.26. The Morgan fingerprint density at radius 3 is 1.68 bits per heavy atom. The summed E-state index contributed by atoms with van der Waals surface area (Å²) in [4.78, 5) is 0. The minimum absolute atomic E-state index is 0.0466. The van der Waals surface area contributed by atoms with Crippen LogP contribution in [0.1, 0.15) is 30.0 Å². The summed E-state index contributed by atoms with van der Waals surface area (Å²) < 4.78 is 151. The molecule has 0 saturated heterocycles. The van der Waals surface area contributed by atoms with Crippen LogP contribution in [0.5, 0.6) is 17.2 Å². The van der Waals surface area contributed by atoms with E-state index in [0.29, 0.717) is 6.42 Å². The Balaban J connectivity index is 1.84. The van der Waals surface area contributed by atoms with Crippen LogP contribution in [-0.4, -0.2) is 0 Å². The van der Waals surface area contributed by atoms with Crippen molar-refractivity contribution in [3.05, 3.63) is 101 Å². The standard InChI is InChI=1S/C25H16F10O3/c1-2-3-13-4-6-14(7-5-13)24(32,33)37-15-8-17(26)22(18(27)9-15)25(34,35)38-16-10-19(28)23(20(29)11-16)36-12-21(30)31/h4-12H,2-3H2,1H3. The zero-order chi connectivity index (χ0) is 28.3. The van der Waals surface area contributed by atoms with Gasteiger partial charge < -0.3 is 14.2 Å². The average molecular weight is 554 g/mol. The first kappa shape index (κ1) is 28.7. The van der Waals surface area contributed by atoms with E-state index in [1.54, 1.807) is 0 Å². The Bertz CT molecular complexity index is 1270. The van der Waals surface area contributed by atoms with Crippen LogP contribution in [0.15, 0.2) is 60.9 Å². The van der Waals surface area contributed by atoms with E-state index in [1.165, 1.54) is 12.1 Å². The van der Waals surface area contributed by atoms with Crippen LogP contribution in [-0.2, 0) is 18.6 Å². The van der Waals surface area contributed by atoms with Gasteiger partial charge in [-0.2, -0.15) is 26.3 Å². The van der Waals surface area contributed by atoms with Gasteiger partial charge in [0, 0.05) is 24.3 Å². The Kier molecular flexibility index (Phi) is 8.48. The van der Waals surface area contributed by atoms with Crippen molar-refractivity contribution in [1.82, 2.24) is 0 Å². The third-order valence-electron chi connectivity index (χ3n) is 4.87. The highest BCUT2D eigenvalue weighted by Gasteiger charge is 2.43. The Morgan fingerprint density at radius 2 is 1.21 bits per heavy atom. The SMILES string of the molecule is CCCc1ccc(C(F)(F)Oc2cc(F)c(C(F)(F)Oc3cc(F)c(OC=C(F)F)c(F)c3)c(F)c2)cc1. The van der Waals surface area contributed by atoms with Crippen LogP contribution in [0.4, 0.5) is 43.9 Å². The molecule has 0 atom stereocenters. The molecule has 0 fully saturated rings. The van der Waals surface area contributed by atoms with E-state index in [-0.39, 0.29) is 30.5 Å². The first-order chi connectivity index (χ1) is 17.7. The fourth-order valence-electron chi connectivity index (χ4n) is 3.26. The monoisotopic (exact) mass is 554 g/mol. The van der Waals surface area contributed by atoms with Gasteiger partial charge in [0.1, 0.15) is 28.7 Å². The average Bonchev–Trinajstić information content (AvgIpc) is 2.77. The van der Waals surface area contributed by atoms with Crippen molar-refractivity contribution < 1.29 is 58.1 Å². The lowest BCUT2D eigenvalue weighted by molar-refractivity contribution is -0.190. The molecule has 0 saturated carbocycles. The molecular formula is C25H16F10O3. The van der Waals surface area contributed by atoms with Gasteiger partial charge in [-0.25, -0.2) is 17.6 Å². The number of benzene rings is 3. The second-order valence-electron chi connectivity index (χ2n) is 7.69. The molecule has 0 bridgehead atoms. The second kappa shape index (κ2) is 11.2. The molecule has 38 heavy (non-hydrogen) atoms. The molecule has 3 nitrogen and oxygen atoms in total. The van der Waals surface area contributed by atoms with E-state index in [2.05, 4.69) is 14.2 Å². The summed E-state index contributed by atoms with van der Waals surface area (Å²) in [5, 5.41) is 0. The third kappa shape index (κ3) is 6.69. The molecule has 13 heteroatoms. The predicted octanol–water partition coefficient (Wildman–Crippen LogP) is 8.57. The molecule has 204 valence electrons. The summed E-state index contributed by atoms with van der Waals surface area (Å²) in [7, 11) is 0. The van der Waals surface area contributed by atoms with Crippen molar-refractivity contribution >= 4 is 0 Å². The molecule has 3 rings (SSSR count). The van der Waals surface area contributed by atoms with Crippen LogP contribution >= 0.6 is 0 Å². The highest BCUT2D eigenvalue weighted by molar-refractivity contribution is 5.38. The molecule has 0 radical (unpaired) electrons. The number of hydrogen-bond donors (Lipinski definition) is 0. The predicted molar refractivity (Wildman–Crippen MR) is 113 cm³/mol. The van der Waals surface area contributed by atoms with E-state index in [9.17, 15) is 43.9 Å². The molecule has 0 N–H and O–H groups in total. The Hall–Kier alpha value is -3.90. The number of ether oxygens (including phenoxy) is 3. The van der Waals surface area contributed by atoms with Crippen molar-refractivity contribution in [1.29, 1.82) is 0 Å². The number of alkyl halides is 4. The summed E-state index contributed by atoms with van der Waals surface area (Å²) in [5.74, 6) is -11.5. The summed E-state index contributed by atoms with van der Waals surface area (Å²) in [5.41, 5.74) is -2.00. The van der Waals surface area contributed by atoms with Crippen molar-refractivity contribution in [2.75, 3.05) is 0 Å². The summed E-state index contributed by atoms with van der Waals surface area (Å²) in [6.45, 7) is 1.88. The number of rotatable bonds is 10. The van der Waals surface area contributed by atoms with E-state index < -0.39 is 69.9 Å².